The van der Waals surface area contributed by atoms with E-state index < -0.39 is 6.04 Å². The van der Waals surface area contributed by atoms with Crippen LogP contribution in [0.15, 0.2) is 12.2 Å². The zero-order valence-electron chi connectivity index (χ0n) is 8.64. The number of hydrogen-bond acceptors (Lipinski definition) is 2. The summed E-state index contributed by atoms with van der Waals surface area (Å²) in [6.07, 6.45) is 10.5. The van der Waals surface area contributed by atoms with Crippen LogP contribution in [0.1, 0.15) is 19.8 Å². The van der Waals surface area contributed by atoms with Gasteiger partial charge in [-0.05, 0) is 19.8 Å². The zero-order valence-corrected chi connectivity index (χ0v) is 8.64. The van der Waals surface area contributed by atoms with Crippen molar-refractivity contribution in [3.8, 4) is 12.3 Å². The molecule has 1 aliphatic heterocycles. The summed E-state index contributed by atoms with van der Waals surface area (Å²) in [5.41, 5.74) is 0. The number of nitrogens with zero attached hydrogens (tertiary/aromatic N) is 1. The van der Waals surface area contributed by atoms with Crippen molar-refractivity contribution < 1.29 is 9.59 Å². The van der Waals surface area contributed by atoms with Crippen molar-refractivity contribution in [2.24, 2.45) is 11.8 Å². The number of amides is 2. The van der Waals surface area contributed by atoms with Crippen molar-refractivity contribution in [3.05, 3.63) is 12.2 Å². The van der Waals surface area contributed by atoms with Crippen LogP contribution in [-0.2, 0) is 9.59 Å². The largest absolute Gasteiger partial charge is 0.274 e. The van der Waals surface area contributed by atoms with Crippen LogP contribution < -0.4 is 0 Å². The molecule has 0 N–H and O–H groups in total. The summed E-state index contributed by atoms with van der Waals surface area (Å²) >= 11 is 0. The Bertz CT molecular complexity index is 352. The molecule has 0 radical (unpaired) electrons. The molecular weight excluding hydrogens is 190 g/mol. The van der Waals surface area contributed by atoms with E-state index >= 15 is 0 Å². The Balaban J connectivity index is 2.29. The van der Waals surface area contributed by atoms with Crippen LogP contribution in [-0.4, -0.2) is 22.8 Å². The molecule has 2 aliphatic rings. The summed E-state index contributed by atoms with van der Waals surface area (Å²) in [4.78, 5) is 25.1. The van der Waals surface area contributed by atoms with Gasteiger partial charge < -0.3 is 0 Å². The molecule has 0 saturated carbocycles. The lowest BCUT2D eigenvalue weighted by atomic mass is 9.85. The molecule has 0 bridgehead atoms. The second-order valence-corrected chi connectivity index (χ2v) is 4.04. The Labute approximate surface area is 89.1 Å². The van der Waals surface area contributed by atoms with E-state index in [9.17, 15) is 9.59 Å². The first-order valence-corrected chi connectivity index (χ1v) is 5.15. The first-order valence-electron chi connectivity index (χ1n) is 5.15. The fourth-order valence-electron chi connectivity index (χ4n) is 2.28. The maximum Gasteiger partial charge on any atom is 0.234 e. The van der Waals surface area contributed by atoms with Crippen LogP contribution in [0.5, 0.6) is 0 Å². The average molecular weight is 203 g/mol. The highest BCUT2D eigenvalue weighted by atomic mass is 16.2. The van der Waals surface area contributed by atoms with E-state index in [2.05, 4.69) is 5.92 Å². The third-order valence-corrected chi connectivity index (χ3v) is 3.17. The Morgan fingerprint density at radius 3 is 2.20 bits per heavy atom. The van der Waals surface area contributed by atoms with E-state index in [4.69, 9.17) is 6.42 Å². The molecule has 3 heteroatoms. The predicted octanol–water partition coefficient (Wildman–Crippen LogP) is 0.959. The molecular formula is C12H13NO2. The van der Waals surface area contributed by atoms with Gasteiger partial charge in [0.1, 0.15) is 0 Å². The van der Waals surface area contributed by atoms with E-state index in [-0.39, 0.29) is 23.7 Å². The molecule has 3 nitrogen and oxygen atoms in total. The predicted molar refractivity (Wildman–Crippen MR) is 55.5 cm³/mol. The van der Waals surface area contributed by atoms with E-state index in [1.54, 1.807) is 6.92 Å². The van der Waals surface area contributed by atoms with Crippen molar-refractivity contribution in [2.45, 2.75) is 25.8 Å². The number of carbonyl (C=O) groups is 2. The molecule has 15 heavy (non-hydrogen) atoms. The number of fused-ring (bicyclic) bond motifs is 1. The lowest BCUT2D eigenvalue weighted by Gasteiger charge is -2.17. The Morgan fingerprint density at radius 1 is 1.33 bits per heavy atom. The van der Waals surface area contributed by atoms with Crippen molar-refractivity contribution in [1.29, 1.82) is 0 Å². The van der Waals surface area contributed by atoms with Crippen LogP contribution in [0, 0.1) is 24.2 Å². The van der Waals surface area contributed by atoms with Gasteiger partial charge in [-0.25, -0.2) is 0 Å². The number of terminal acetylenes is 1. The smallest absolute Gasteiger partial charge is 0.234 e. The van der Waals surface area contributed by atoms with Crippen LogP contribution in [0.2, 0.25) is 0 Å². The van der Waals surface area contributed by atoms with E-state index in [0.717, 1.165) is 0 Å². The lowest BCUT2D eigenvalue weighted by molar-refractivity contribution is -0.141. The number of likely N-dealkylation sites (tertiary alicyclic amines) is 1. The standard InChI is InChI=1S/C12H13NO2/c1-3-8(2)13-11(14)9-6-4-5-7-10(9)12(13)15/h1,4-5,8-10H,6-7H2,2H3. The van der Waals surface area contributed by atoms with Crippen molar-refractivity contribution in [2.75, 3.05) is 0 Å². The third kappa shape index (κ3) is 1.37. The first-order chi connectivity index (χ1) is 7.16. The topological polar surface area (TPSA) is 37.4 Å². The molecule has 1 saturated heterocycles. The number of allylic oxidation sites excluding steroid dienone is 2. The van der Waals surface area contributed by atoms with E-state index in [0.29, 0.717) is 12.8 Å². The third-order valence-electron chi connectivity index (χ3n) is 3.17. The first kappa shape index (κ1) is 9.97. The van der Waals surface area contributed by atoms with Gasteiger partial charge in [-0.1, -0.05) is 18.1 Å². The Kier molecular flexibility index (Phi) is 2.36. The maximum absolute atomic E-state index is 11.9. The van der Waals surface area contributed by atoms with Gasteiger partial charge in [0.05, 0.1) is 17.9 Å². The van der Waals surface area contributed by atoms with Crippen molar-refractivity contribution in [1.82, 2.24) is 4.90 Å². The highest BCUT2D eigenvalue weighted by Crippen LogP contribution is 2.35. The van der Waals surface area contributed by atoms with Gasteiger partial charge in [-0.3, -0.25) is 14.5 Å². The minimum Gasteiger partial charge on any atom is -0.274 e. The fraction of sp³-hybridized carbons (Fsp3) is 0.500. The molecule has 0 aromatic carbocycles. The van der Waals surface area contributed by atoms with Gasteiger partial charge in [0.15, 0.2) is 0 Å². The van der Waals surface area contributed by atoms with Gasteiger partial charge in [-0.2, -0.15) is 0 Å². The lowest BCUT2D eigenvalue weighted by Crippen LogP contribution is -2.38. The average Bonchev–Trinajstić information content (AvgIpc) is 2.52. The molecule has 1 heterocycles. The SMILES string of the molecule is C#CC(C)N1C(=O)C2CC=CCC2C1=O. The summed E-state index contributed by atoms with van der Waals surface area (Å²) in [7, 11) is 0. The van der Waals surface area contributed by atoms with Crippen molar-refractivity contribution >= 4 is 11.8 Å². The van der Waals surface area contributed by atoms with E-state index in [1.165, 1.54) is 4.90 Å². The quantitative estimate of drug-likeness (QED) is 0.361. The van der Waals surface area contributed by atoms with Crippen LogP contribution in [0.3, 0.4) is 0 Å². The van der Waals surface area contributed by atoms with Crippen molar-refractivity contribution in [3.63, 3.8) is 0 Å². The molecule has 1 fully saturated rings. The highest BCUT2D eigenvalue weighted by molar-refractivity contribution is 6.06. The molecule has 0 aromatic rings. The minimum atomic E-state index is -0.421. The van der Waals surface area contributed by atoms with Gasteiger partial charge >= 0.3 is 0 Å². The molecule has 0 spiro atoms. The van der Waals surface area contributed by atoms with Gasteiger partial charge in [0, 0.05) is 0 Å². The number of imide groups is 1. The monoisotopic (exact) mass is 203 g/mol. The summed E-state index contributed by atoms with van der Waals surface area (Å²) in [6, 6.07) is -0.421. The highest BCUT2D eigenvalue weighted by Gasteiger charge is 2.48. The summed E-state index contributed by atoms with van der Waals surface area (Å²) in [5, 5.41) is 0. The second kappa shape index (κ2) is 3.54. The number of rotatable bonds is 1. The molecule has 0 aromatic heterocycles. The summed E-state index contributed by atoms with van der Waals surface area (Å²) in [6.45, 7) is 1.71. The molecule has 2 amide bonds. The maximum atomic E-state index is 11.9. The van der Waals surface area contributed by atoms with E-state index in [1.807, 2.05) is 12.2 Å². The van der Waals surface area contributed by atoms with Gasteiger partial charge in [-0.15, -0.1) is 6.42 Å². The van der Waals surface area contributed by atoms with Crippen LogP contribution in [0.4, 0.5) is 0 Å². The number of hydrogen-bond donors (Lipinski definition) is 0. The Hall–Kier alpha value is -1.56. The normalized spacial score (nSPS) is 31.3. The Morgan fingerprint density at radius 2 is 1.80 bits per heavy atom. The second-order valence-electron chi connectivity index (χ2n) is 4.04. The molecule has 2 rings (SSSR count). The summed E-state index contributed by atoms with van der Waals surface area (Å²) in [5.74, 6) is 1.91. The van der Waals surface area contributed by atoms with Crippen LogP contribution >= 0.6 is 0 Å². The molecule has 78 valence electrons. The van der Waals surface area contributed by atoms with Gasteiger partial charge in [0.25, 0.3) is 0 Å². The number of carbonyl (C=O) groups excluding carboxylic acids is 2. The molecule has 1 aliphatic carbocycles. The molecule has 3 unspecified atom stereocenters. The minimum absolute atomic E-state index is 0.0974. The fourth-order valence-corrected chi connectivity index (χ4v) is 2.28. The van der Waals surface area contributed by atoms with Gasteiger partial charge in [0.2, 0.25) is 11.8 Å². The molecule has 3 atom stereocenters. The zero-order chi connectivity index (χ0) is 11.0. The van der Waals surface area contributed by atoms with Crippen LogP contribution in [0.25, 0.3) is 0 Å². The summed E-state index contributed by atoms with van der Waals surface area (Å²) < 4.78 is 0.